The molecule has 0 aliphatic heterocycles. The number of methoxy groups -OCH3 is 1. The van der Waals surface area contributed by atoms with Gasteiger partial charge < -0.3 is 19.9 Å². The lowest BCUT2D eigenvalue weighted by atomic mass is 10.3. The highest BCUT2D eigenvalue weighted by Crippen LogP contribution is 2.13. The lowest BCUT2D eigenvalue weighted by Crippen LogP contribution is -2.30. The fraction of sp³-hybridized carbons (Fsp3) is 0.267. The van der Waals surface area contributed by atoms with Crippen LogP contribution in [-0.2, 0) is 4.74 Å². The molecule has 0 saturated carbocycles. The van der Waals surface area contributed by atoms with Crippen molar-refractivity contribution >= 4 is 11.7 Å². The van der Waals surface area contributed by atoms with E-state index >= 15 is 0 Å². The summed E-state index contributed by atoms with van der Waals surface area (Å²) in [5.41, 5.74) is 1.83. The summed E-state index contributed by atoms with van der Waals surface area (Å²) in [5.74, 6) is 0. The van der Waals surface area contributed by atoms with Crippen molar-refractivity contribution in [2.24, 2.45) is 0 Å². The van der Waals surface area contributed by atoms with E-state index in [0.717, 1.165) is 17.8 Å². The molecule has 20 heavy (non-hydrogen) atoms. The number of carbonyl (C=O) groups is 1. The van der Waals surface area contributed by atoms with Gasteiger partial charge in [0.2, 0.25) is 0 Å². The summed E-state index contributed by atoms with van der Waals surface area (Å²) in [6, 6.07) is 11.4. The van der Waals surface area contributed by atoms with Gasteiger partial charge in [-0.25, -0.2) is 4.79 Å². The first-order valence-electron chi connectivity index (χ1n) is 6.57. The van der Waals surface area contributed by atoms with Crippen LogP contribution in [0.4, 0.5) is 10.5 Å². The molecule has 1 aromatic heterocycles. The zero-order chi connectivity index (χ0) is 14.2. The summed E-state index contributed by atoms with van der Waals surface area (Å²) in [6.07, 6.45) is 4.76. The molecule has 2 N–H and O–H groups in total. The van der Waals surface area contributed by atoms with E-state index in [0.29, 0.717) is 13.2 Å². The molecule has 0 unspecified atom stereocenters. The van der Waals surface area contributed by atoms with E-state index in [1.54, 1.807) is 7.11 Å². The SMILES string of the molecule is COCCCNC(=O)Nc1ccc(-n2cccc2)cc1. The first-order chi connectivity index (χ1) is 9.79. The average molecular weight is 273 g/mol. The van der Waals surface area contributed by atoms with Gasteiger partial charge in [-0.3, -0.25) is 0 Å². The van der Waals surface area contributed by atoms with Crippen LogP contribution in [0.25, 0.3) is 5.69 Å². The van der Waals surface area contributed by atoms with E-state index in [1.807, 2.05) is 53.4 Å². The van der Waals surface area contributed by atoms with Gasteiger partial charge in [0.1, 0.15) is 0 Å². The normalized spacial score (nSPS) is 10.2. The van der Waals surface area contributed by atoms with Gasteiger partial charge in [-0.2, -0.15) is 0 Å². The summed E-state index contributed by atoms with van der Waals surface area (Å²) in [4.78, 5) is 11.6. The highest BCUT2D eigenvalue weighted by Gasteiger charge is 2.01. The molecule has 1 aromatic carbocycles. The van der Waals surface area contributed by atoms with Gasteiger partial charge >= 0.3 is 6.03 Å². The van der Waals surface area contributed by atoms with Gasteiger partial charge in [0.25, 0.3) is 0 Å². The molecule has 5 nitrogen and oxygen atoms in total. The molecule has 5 heteroatoms. The van der Waals surface area contributed by atoms with Crippen LogP contribution in [0.3, 0.4) is 0 Å². The van der Waals surface area contributed by atoms with Gasteiger partial charge in [0, 0.05) is 44.0 Å². The first kappa shape index (κ1) is 14.1. The fourth-order valence-electron chi connectivity index (χ4n) is 1.82. The molecule has 2 rings (SSSR count). The van der Waals surface area contributed by atoms with E-state index in [9.17, 15) is 4.79 Å². The van der Waals surface area contributed by atoms with Gasteiger partial charge in [-0.05, 0) is 42.8 Å². The minimum absolute atomic E-state index is 0.199. The third kappa shape index (κ3) is 4.13. The number of amides is 2. The number of ether oxygens (including phenoxy) is 1. The number of aromatic nitrogens is 1. The van der Waals surface area contributed by atoms with Crippen LogP contribution in [-0.4, -0.2) is 30.9 Å². The Bertz CT molecular complexity index is 521. The minimum atomic E-state index is -0.199. The molecule has 106 valence electrons. The van der Waals surface area contributed by atoms with Crippen LogP contribution < -0.4 is 10.6 Å². The number of hydrogen-bond acceptors (Lipinski definition) is 2. The van der Waals surface area contributed by atoms with Gasteiger partial charge in [0.05, 0.1) is 0 Å². The number of nitrogens with zero attached hydrogens (tertiary/aromatic N) is 1. The monoisotopic (exact) mass is 273 g/mol. The second-order valence-corrected chi connectivity index (χ2v) is 4.36. The summed E-state index contributed by atoms with van der Waals surface area (Å²) in [7, 11) is 1.65. The van der Waals surface area contributed by atoms with Crippen LogP contribution in [0, 0.1) is 0 Å². The number of carbonyl (C=O) groups excluding carboxylic acids is 1. The lowest BCUT2D eigenvalue weighted by Gasteiger charge is -2.08. The standard InChI is InChI=1S/C15H19N3O2/c1-20-12-4-9-16-15(19)17-13-5-7-14(8-6-13)18-10-2-3-11-18/h2-3,5-8,10-11H,4,9,12H2,1H3,(H2,16,17,19). The van der Waals surface area contributed by atoms with E-state index in [1.165, 1.54) is 0 Å². The molecule has 0 aliphatic carbocycles. The molecule has 0 bridgehead atoms. The van der Waals surface area contributed by atoms with Crippen molar-refractivity contribution in [2.45, 2.75) is 6.42 Å². The number of benzene rings is 1. The van der Waals surface area contributed by atoms with Crippen LogP contribution >= 0.6 is 0 Å². The maximum Gasteiger partial charge on any atom is 0.319 e. The molecule has 2 amide bonds. The molecular formula is C15H19N3O2. The molecule has 0 radical (unpaired) electrons. The van der Waals surface area contributed by atoms with Crippen molar-refractivity contribution in [1.82, 2.24) is 9.88 Å². The molecular weight excluding hydrogens is 254 g/mol. The summed E-state index contributed by atoms with van der Waals surface area (Å²) in [6.45, 7) is 1.24. The van der Waals surface area contributed by atoms with Crippen molar-refractivity contribution < 1.29 is 9.53 Å². The smallest absolute Gasteiger partial charge is 0.319 e. The highest BCUT2D eigenvalue weighted by molar-refractivity contribution is 5.89. The predicted molar refractivity (Wildman–Crippen MR) is 79.3 cm³/mol. The summed E-state index contributed by atoms with van der Waals surface area (Å²) in [5, 5.41) is 5.56. The third-order valence-corrected chi connectivity index (χ3v) is 2.84. The lowest BCUT2D eigenvalue weighted by molar-refractivity contribution is 0.194. The van der Waals surface area contributed by atoms with E-state index < -0.39 is 0 Å². The first-order valence-corrected chi connectivity index (χ1v) is 6.57. The van der Waals surface area contributed by atoms with Crippen molar-refractivity contribution in [3.8, 4) is 5.69 Å². The van der Waals surface area contributed by atoms with Gasteiger partial charge in [-0.1, -0.05) is 0 Å². The Morgan fingerprint density at radius 1 is 1.20 bits per heavy atom. The number of urea groups is 1. The third-order valence-electron chi connectivity index (χ3n) is 2.84. The van der Waals surface area contributed by atoms with Crippen LogP contribution in [0.1, 0.15) is 6.42 Å². The maximum atomic E-state index is 11.6. The van der Waals surface area contributed by atoms with Crippen LogP contribution in [0.5, 0.6) is 0 Å². The van der Waals surface area contributed by atoms with Crippen LogP contribution in [0.2, 0.25) is 0 Å². The van der Waals surface area contributed by atoms with E-state index in [-0.39, 0.29) is 6.03 Å². The Morgan fingerprint density at radius 2 is 1.90 bits per heavy atom. The molecule has 0 spiro atoms. The number of anilines is 1. The van der Waals surface area contributed by atoms with Crippen LogP contribution in [0.15, 0.2) is 48.8 Å². The van der Waals surface area contributed by atoms with Crippen molar-refractivity contribution in [2.75, 3.05) is 25.6 Å². The van der Waals surface area contributed by atoms with Crippen molar-refractivity contribution in [3.63, 3.8) is 0 Å². The predicted octanol–water partition coefficient (Wildman–Crippen LogP) is 2.64. The average Bonchev–Trinajstić information content (AvgIpc) is 2.99. The zero-order valence-electron chi connectivity index (χ0n) is 11.5. The molecule has 2 aromatic rings. The Hall–Kier alpha value is -2.27. The molecule has 0 atom stereocenters. The van der Waals surface area contributed by atoms with Gasteiger partial charge in [0.15, 0.2) is 0 Å². The largest absolute Gasteiger partial charge is 0.385 e. The quantitative estimate of drug-likeness (QED) is 0.795. The summed E-state index contributed by atoms with van der Waals surface area (Å²) < 4.78 is 6.92. The second kappa shape index (κ2) is 7.35. The second-order valence-electron chi connectivity index (χ2n) is 4.36. The van der Waals surface area contributed by atoms with Crippen molar-refractivity contribution in [3.05, 3.63) is 48.8 Å². The highest BCUT2D eigenvalue weighted by atomic mass is 16.5. The number of rotatable bonds is 6. The number of hydrogen-bond donors (Lipinski definition) is 2. The molecule has 1 heterocycles. The van der Waals surface area contributed by atoms with Gasteiger partial charge in [-0.15, -0.1) is 0 Å². The summed E-state index contributed by atoms with van der Waals surface area (Å²) >= 11 is 0. The topological polar surface area (TPSA) is 55.3 Å². The van der Waals surface area contributed by atoms with Crippen molar-refractivity contribution in [1.29, 1.82) is 0 Å². The van der Waals surface area contributed by atoms with E-state index in [4.69, 9.17) is 4.74 Å². The number of nitrogens with one attached hydrogen (secondary N) is 2. The Balaban J connectivity index is 1.83. The minimum Gasteiger partial charge on any atom is -0.385 e. The Morgan fingerprint density at radius 3 is 2.55 bits per heavy atom. The Kier molecular flexibility index (Phi) is 5.20. The fourth-order valence-corrected chi connectivity index (χ4v) is 1.82. The Labute approximate surface area is 118 Å². The molecule has 0 fully saturated rings. The maximum absolute atomic E-state index is 11.6. The molecule has 0 aliphatic rings. The zero-order valence-corrected chi connectivity index (χ0v) is 11.5. The molecule has 0 saturated heterocycles. The van der Waals surface area contributed by atoms with E-state index in [2.05, 4.69) is 10.6 Å².